The van der Waals surface area contributed by atoms with Crippen molar-refractivity contribution in [3.8, 4) is 17.2 Å². The molecule has 4 nitrogen and oxygen atoms in total. The van der Waals surface area contributed by atoms with Crippen molar-refractivity contribution in [2.75, 3.05) is 21.3 Å². The number of methoxy groups -OCH3 is 3. The Morgan fingerprint density at radius 2 is 1.76 bits per heavy atom. The fraction of sp³-hybridized carbons (Fsp3) is 0.400. The van der Waals surface area contributed by atoms with Gasteiger partial charge in [-0.15, -0.1) is 0 Å². The van der Waals surface area contributed by atoms with Gasteiger partial charge in [-0.25, -0.2) is 0 Å². The topological polar surface area (TPSA) is 39.7 Å². The summed E-state index contributed by atoms with van der Waals surface area (Å²) in [6, 6.07) is 12.5. The van der Waals surface area contributed by atoms with E-state index >= 15 is 0 Å². The van der Waals surface area contributed by atoms with Crippen LogP contribution in [0.15, 0.2) is 36.4 Å². The molecule has 1 atom stereocenters. The van der Waals surface area contributed by atoms with E-state index in [-0.39, 0.29) is 0 Å². The smallest absolute Gasteiger partial charge is 0.179 e. The van der Waals surface area contributed by atoms with E-state index in [1.165, 1.54) is 18.4 Å². The maximum Gasteiger partial charge on any atom is 0.179 e. The van der Waals surface area contributed by atoms with Gasteiger partial charge in [-0.2, -0.15) is 0 Å². The lowest BCUT2D eigenvalue weighted by molar-refractivity contribution is 0.354. The van der Waals surface area contributed by atoms with Crippen LogP contribution >= 0.6 is 11.6 Å². The van der Waals surface area contributed by atoms with Crippen molar-refractivity contribution in [3.63, 3.8) is 0 Å². The predicted molar refractivity (Wildman–Crippen MR) is 99.9 cm³/mol. The van der Waals surface area contributed by atoms with Crippen LogP contribution in [0.4, 0.5) is 0 Å². The highest BCUT2D eigenvalue weighted by molar-refractivity contribution is 6.32. The maximum atomic E-state index is 6.31. The fourth-order valence-corrected chi connectivity index (χ4v) is 3.41. The number of hydrogen-bond acceptors (Lipinski definition) is 4. The molecule has 25 heavy (non-hydrogen) atoms. The molecule has 134 valence electrons. The van der Waals surface area contributed by atoms with E-state index in [0.717, 1.165) is 11.3 Å². The van der Waals surface area contributed by atoms with Gasteiger partial charge in [0.15, 0.2) is 11.5 Å². The molecule has 0 aliphatic heterocycles. The minimum atomic E-state index is 0.331. The van der Waals surface area contributed by atoms with Crippen molar-refractivity contribution in [1.29, 1.82) is 0 Å². The fourth-order valence-electron chi connectivity index (χ4n) is 3.10. The first-order chi connectivity index (χ1) is 12.2. The van der Waals surface area contributed by atoms with Crippen LogP contribution in [0.1, 0.15) is 30.0 Å². The minimum absolute atomic E-state index is 0.331. The van der Waals surface area contributed by atoms with Gasteiger partial charge in [-0.05, 0) is 54.2 Å². The minimum Gasteiger partial charge on any atom is -0.497 e. The van der Waals surface area contributed by atoms with Crippen molar-refractivity contribution in [3.05, 3.63) is 52.5 Å². The molecule has 1 unspecified atom stereocenters. The summed E-state index contributed by atoms with van der Waals surface area (Å²) >= 11 is 6.31. The van der Waals surface area contributed by atoms with Crippen molar-refractivity contribution >= 4 is 11.6 Å². The van der Waals surface area contributed by atoms with E-state index < -0.39 is 0 Å². The van der Waals surface area contributed by atoms with Gasteiger partial charge in [-0.3, -0.25) is 0 Å². The summed E-state index contributed by atoms with van der Waals surface area (Å²) in [7, 11) is 4.90. The van der Waals surface area contributed by atoms with Gasteiger partial charge in [0.25, 0.3) is 0 Å². The molecule has 1 N–H and O–H groups in total. The molecule has 0 radical (unpaired) electrons. The van der Waals surface area contributed by atoms with Crippen LogP contribution in [-0.4, -0.2) is 21.3 Å². The third-order valence-corrected chi connectivity index (χ3v) is 4.87. The van der Waals surface area contributed by atoms with Crippen molar-refractivity contribution in [2.45, 2.75) is 25.4 Å². The number of nitrogens with one attached hydrogen (secondary N) is 1. The lowest BCUT2D eigenvalue weighted by Gasteiger charge is -2.20. The van der Waals surface area contributed by atoms with Gasteiger partial charge in [-0.1, -0.05) is 23.7 Å². The number of ether oxygens (including phenoxy) is 3. The largest absolute Gasteiger partial charge is 0.497 e. The number of halogens is 1. The average molecular weight is 362 g/mol. The third-order valence-electron chi connectivity index (χ3n) is 4.59. The molecule has 1 aliphatic rings. The van der Waals surface area contributed by atoms with Crippen LogP contribution in [0.25, 0.3) is 0 Å². The Balaban J connectivity index is 1.74. The number of benzene rings is 2. The molecule has 3 rings (SSSR count). The molecule has 1 fully saturated rings. The Morgan fingerprint density at radius 3 is 2.32 bits per heavy atom. The highest BCUT2D eigenvalue weighted by Gasteiger charge is 2.32. The van der Waals surface area contributed by atoms with Crippen LogP contribution in [0.3, 0.4) is 0 Å². The lowest BCUT2D eigenvalue weighted by atomic mass is 10.0. The summed E-state index contributed by atoms with van der Waals surface area (Å²) in [5, 5.41) is 4.23. The monoisotopic (exact) mass is 361 g/mol. The SMILES string of the molecule is COc1ccc(C(NCc2cc(Cl)c(OC)c(OC)c2)C2CC2)cc1. The Labute approximate surface area is 154 Å². The second-order valence-electron chi connectivity index (χ2n) is 6.28. The normalized spacial score (nSPS) is 14.9. The van der Waals surface area contributed by atoms with Crippen molar-refractivity contribution in [1.82, 2.24) is 5.32 Å². The zero-order valence-corrected chi connectivity index (χ0v) is 15.6. The molecule has 0 heterocycles. The van der Waals surface area contributed by atoms with E-state index in [2.05, 4.69) is 17.4 Å². The second kappa shape index (κ2) is 7.98. The molecule has 0 saturated heterocycles. The van der Waals surface area contributed by atoms with Gasteiger partial charge in [0.1, 0.15) is 5.75 Å². The molecule has 0 spiro atoms. The molecule has 1 saturated carbocycles. The molecule has 5 heteroatoms. The van der Waals surface area contributed by atoms with Gasteiger partial charge >= 0.3 is 0 Å². The van der Waals surface area contributed by atoms with Crippen LogP contribution in [0.5, 0.6) is 17.2 Å². The zero-order chi connectivity index (χ0) is 17.8. The first-order valence-electron chi connectivity index (χ1n) is 8.44. The molecule has 1 aliphatic carbocycles. The highest BCUT2D eigenvalue weighted by Crippen LogP contribution is 2.42. The predicted octanol–water partition coefficient (Wildman–Crippen LogP) is 4.61. The molecular formula is C20H24ClNO3. The van der Waals surface area contributed by atoms with Crippen LogP contribution in [0, 0.1) is 5.92 Å². The Bertz CT molecular complexity index is 714. The standard InChI is InChI=1S/C20H24ClNO3/c1-23-16-8-6-15(7-9-16)19(14-4-5-14)22-12-13-10-17(21)20(25-3)18(11-13)24-2/h6-11,14,19,22H,4-5,12H2,1-3H3. The molecule has 0 aromatic heterocycles. The quantitative estimate of drug-likeness (QED) is 0.745. The summed E-state index contributed by atoms with van der Waals surface area (Å²) in [6.45, 7) is 0.716. The van der Waals surface area contributed by atoms with Crippen LogP contribution in [0.2, 0.25) is 5.02 Å². The van der Waals surface area contributed by atoms with Crippen molar-refractivity contribution < 1.29 is 14.2 Å². The Kier molecular flexibility index (Phi) is 5.71. The summed E-state index contributed by atoms with van der Waals surface area (Å²) in [6.07, 6.45) is 2.52. The summed E-state index contributed by atoms with van der Waals surface area (Å²) in [4.78, 5) is 0. The van der Waals surface area contributed by atoms with E-state index in [1.54, 1.807) is 21.3 Å². The van der Waals surface area contributed by atoms with Crippen LogP contribution < -0.4 is 19.5 Å². The van der Waals surface area contributed by atoms with Gasteiger partial charge in [0, 0.05) is 12.6 Å². The molecule has 0 bridgehead atoms. The van der Waals surface area contributed by atoms with Crippen molar-refractivity contribution in [2.24, 2.45) is 5.92 Å². The molecular weight excluding hydrogens is 338 g/mol. The highest BCUT2D eigenvalue weighted by atomic mass is 35.5. The van der Waals surface area contributed by atoms with Gasteiger partial charge in [0.05, 0.1) is 26.4 Å². The third kappa shape index (κ3) is 4.20. The Hall–Kier alpha value is -1.91. The summed E-state index contributed by atoms with van der Waals surface area (Å²) in [5.41, 5.74) is 2.36. The van der Waals surface area contributed by atoms with Gasteiger partial charge in [0.2, 0.25) is 0 Å². The zero-order valence-electron chi connectivity index (χ0n) is 14.8. The first kappa shape index (κ1) is 17.9. The molecule has 2 aromatic carbocycles. The van der Waals surface area contributed by atoms with E-state index in [0.29, 0.717) is 35.0 Å². The molecule has 0 amide bonds. The number of hydrogen-bond donors (Lipinski definition) is 1. The maximum absolute atomic E-state index is 6.31. The van der Waals surface area contributed by atoms with Gasteiger partial charge < -0.3 is 19.5 Å². The van der Waals surface area contributed by atoms with E-state index in [4.69, 9.17) is 25.8 Å². The number of rotatable bonds is 8. The lowest BCUT2D eigenvalue weighted by Crippen LogP contribution is -2.22. The second-order valence-corrected chi connectivity index (χ2v) is 6.69. The Morgan fingerprint density at radius 1 is 1.04 bits per heavy atom. The molecule has 2 aromatic rings. The van der Waals surface area contributed by atoms with Crippen LogP contribution in [-0.2, 0) is 6.54 Å². The first-order valence-corrected chi connectivity index (χ1v) is 8.81. The average Bonchev–Trinajstić information content (AvgIpc) is 3.47. The van der Waals surface area contributed by atoms with E-state index in [1.807, 2.05) is 24.3 Å². The van der Waals surface area contributed by atoms with E-state index in [9.17, 15) is 0 Å². The summed E-state index contributed by atoms with van der Waals surface area (Å²) in [5.74, 6) is 2.79. The summed E-state index contributed by atoms with van der Waals surface area (Å²) < 4.78 is 15.9.